The molecule has 1 aromatic heterocycles. The predicted molar refractivity (Wildman–Crippen MR) is 59.0 cm³/mol. The fraction of sp³-hybridized carbons (Fsp3) is 0.667. The van der Waals surface area contributed by atoms with Gasteiger partial charge in [0.2, 0.25) is 0 Å². The summed E-state index contributed by atoms with van der Waals surface area (Å²) in [6.07, 6.45) is 5.79. The molecule has 3 heteroatoms. The molecule has 1 aromatic rings. The van der Waals surface area contributed by atoms with E-state index in [1.165, 1.54) is 42.6 Å². The van der Waals surface area contributed by atoms with Gasteiger partial charge in [-0.15, -0.1) is 0 Å². The van der Waals surface area contributed by atoms with Crippen molar-refractivity contribution in [2.24, 2.45) is 0 Å². The van der Waals surface area contributed by atoms with E-state index in [0.29, 0.717) is 0 Å². The van der Waals surface area contributed by atoms with Crippen LogP contribution in [0.2, 0.25) is 0 Å². The molecule has 0 atom stereocenters. The van der Waals surface area contributed by atoms with E-state index in [-0.39, 0.29) is 0 Å². The largest absolute Gasteiger partial charge is 0.387 e. The van der Waals surface area contributed by atoms with E-state index in [1.807, 2.05) is 0 Å². The summed E-state index contributed by atoms with van der Waals surface area (Å²) in [5, 5.41) is 13.2. The predicted octanol–water partition coefficient (Wildman–Crippen LogP) is 0.770. The first-order chi connectivity index (χ1) is 7.25. The molecule has 2 aliphatic rings. The molecule has 0 unspecified atom stereocenters. The Hall–Kier alpha value is -0.800. The summed E-state index contributed by atoms with van der Waals surface area (Å²) in [4.78, 5) is 3.47. The third-order valence-corrected chi connectivity index (χ3v) is 3.60. The summed E-state index contributed by atoms with van der Waals surface area (Å²) in [5.41, 5.74) is 3.61. The molecule has 0 radical (unpaired) electrons. The molecule has 3 N–H and O–H groups in total. The molecule has 82 valence electrons. The van der Waals surface area contributed by atoms with Crippen LogP contribution < -0.4 is 5.32 Å². The molecule has 0 aromatic carbocycles. The number of aliphatic hydroxyl groups is 1. The maximum Gasteiger partial charge on any atom is 0.0949 e. The molecule has 0 saturated carbocycles. The monoisotopic (exact) mass is 206 g/mol. The molecule has 1 fully saturated rings. The zero-order valence-corrected chi connectivity index (χ0v) is 8.97. The number of nitrogens with one attached hydrogen (secondary N) is 2. The molecule has 3 rings (SSSR count). The molecule has 15 heavy (non-hydrogen) atoms. The van der Waals surface area contributed by atoms with Crippen LogP contribution in [0.25, 0.3) is 0 Å². The third kappa shape index (κ3) is 1.70. The lowest BCUT2D eigenvalue weighted by Gasteiger charge is -2.37. The first-order valence-corrected chi connectivity index (χ1v) is 5.88. The van der Waals surface area contributed by atoms with Crippen molar-refractivity contribution in [1.82, 2.24) is 10.3 Å². The van der Waals surface area contributed by atoms with Crippen molar-refractivity contribution in [3.8, 4) is 0 Å². The van der Waals surface area contributed by atoms with Crippen LogP contribution in [0.5, 0.6) is 0 Å². The van der Waals surface area contributed by atoms with E-state index in [9.17, 15) is 5.11 Å². The fourth-order valence-electron chi connectivity index (χ4n) is 2.66. The number of aromatic amines is 1. The van der Waals surface area contributed by atoms with E-state index in [0.717, 1.165) is 19.5 Å². The number of rotatable bonds is 2. The van der Waals surface area contributed by atoms with Gasteiger partial charge in [0, 0.05) is 30.9 Å². The fourth-order valence-corrected chi connectivity index (χ4v) is 2.66. The highest BCUT2D eigenvalue weighted by atomic mass is 16.3. The SMILES string of the molecule is OC1(Cc2cc3c([nH]2)CCCC3)CNC1. The average molecular weight is 206 g/mol. The smallest absolute Gasteiger partial charge is 0.0949 e. The Labute approximate surface area is 89.9 Å². The van der Waals surface area contributed by atoms with Gasteiger partial charge in [-0.3, -0.25) is 0 Å². The zero-order chi connectivity index (χ0) is 10.3. The van der Waals surface area contributed by atoms with Crippen LogP contribution in [0, 0.1) is 0 Å². The van der Waals surface area contributed by atoms with Gasteiger partial charge in [0.15, 0.2) is 0 Å². The van der Waals surface area contributed by atoms with Gasteiger partial charge in [-0.1, -0.05) is 0 Å². The second kappa shape index (κ2) is 3.35. The second-order valence-electron chi connectivity index (χ2n) is 5.01. The lowest BCUT2D eigenvalue weighted by molar-refractivity contribution is -0.00973. The molecule has 1 aliphatic carbocycles. The van der Waals surface area contributed by atoms with Gasteiger partial charge in [-0.05, 0) is 37.3 Å². The van der Waals surface area contributed by atoms with Crippen molar-refractivity contribution in [2.45, 2.75) is 37.7 Å². The molecule has 0 amide bonds. The third-order valence-electron chi connectivity index (χ3n) is 3.60. The Bertz CT molecular complexity index is 342. The minimum Gasteiger partial charge on any atom is -0.387 e. The maximum absolute atomic E-state index is 10.0. The van der Waals surface area contributed by atoms with Crippen molar-refractivity contribution >= 4 is 0 Å². The summed E-state index contributed by atoms with van der Waals surface area (Å²) < 4.78 is 0. The van der Waals surface area contributed by atoms with Crippen LogP contribution in [-0.2, 0) is 19.3 Å². The van der Waals surface area contributed by atoms with Crippen molar-refractivity contribution in [3.63, 3.8) is 0 Å². The van der Waals surface area contributed by atoms with Gasteiger partial charge in [0.1, 0.15) is 0 Å². The quantitative estimate of drug-likeness (QED) is 0.669. The first-order valence-electron chi connectivity index (χ1n) is 5.88. The topological polar surface area (TPSA) is 48.0 Å². The van der Waals surface area contributed by atoms with Crippen LogP contribution >= 0.6 is 0 Å². The van der Waals surface area contributed by atoms with Crippen LogP contribution in [-0.4, -0.2) is 28.8 Å². The molecular formula is C12H18N2O. The number of aromatic nitrogens is 1. The molecule has 0 bridgehead atoms. The van der Waals surface area contributed by atoms with Crippen molar-refractivity contribution in [3.05, 3.63) is 23.0 Å². The van der Waals surface area contributed by atoms with Crippen molar-refractivity contribution < 1.29 is 5.11 Å². The highest BCUT2D eigenvalue weighted by molar-refractivity contribution is 5.29. The lowest BCUT2D eigenvalue weighted by atomic mass is 9.91. The lowest BCUT2D eigenvalue weighted by Crippen LogP contribution is -2.60. The van der Waals surface area contributed by atoms with Gasteiger partial charge >= 0.3 is 0 Å². The van der Waals surface area contributed by atoms with Gasteiger partial charge in [0.25, 0.3) is 0 Å². The molecule has 2 heterocycles. The van der Waals surface area contributed by atoms with Gasteiger partial charge in [-0.2, -0.15) is 0 Å². The number of hydrogen-bond acceptors (Lipinski definition) is 2. The Balaban J connectivity index is 1.77. The molecule has 1 saturated heterocycles. The van der Waals surface area contributed by atoms with E-state index < -0.39 is 5.60 Å². The minimum atomic E-state index is -0.493. The maximum atomic E-state index is 10.0. The van der Waals surface area contributed by atoms with E-state index in [1.54, 1.807) is 0 Å². The zero-order valence-electron chi connectivity index (χ0n) is 8.97. The Kier molecular flexibility index (Phi) is 2.11. The molecule has 1 aliphatic heterocycles. The van der Waals surface area contributed by atoms with E-state index >= 15 is 0 Å². The van der Waals surface area contributed by atoms with Gasteiger partial charge < -0.3 is 15.4 Å². The molecular weight excluding hydrogens is 188 g/mol. The van der Waals surface area contributed by atoms with Crippen LogP contribution in [0.1, 0.15) is 29.8 Å². The van der Waals surface area contributed by atoms with Crippen molar-refractivity contribution in [1.29, 1.82) is 0 Å². The highest BCUT2D eigenvalue weighted by Gasteiger charge is 2.34. The summed E-state index contributed by atoms with van der Waals surface area (Å²) in [6, 6.07) is 2.25. The summed E-state index contributed by atoms with van der Waals surface area (Å²) in [7, 11) is 0. The number of H-pyrrole nitrogens is 1. The Morgan fingerprint density at radius 2 is 2.07 bits per heavy atom. The summed E-state index contributed by atoms with van der Waals surface area (Å²) in [5.74, 6) is 0. The van der Waals surface area contributed by atoms with Crippen LogP contribution in [0.3, 0.4) is 0 Å². The van der Waals surface area contributed by atoms with Crippen LogP contribution in [0.15, 0.2) is 6.07 Å². The van der Waals surface area contributed by atoms with Gasteiger partial charge in [0.05, 0.1) is 5.60 Å². The Morgan fingerprint density at radius 1 is 1.27 bits per heavy atom. The molecule has 3 nitrogen and oxygen atoms in total. The highest BCUT2D eigenvalue weighted by Crippen LogP contribution is 2.24. The summed E-state index contributed by atoms with van der Waals surface area (Å²) >= 11 is 0. The van der Waals surface area contributed by atoms with E-state index in [2.05, 4.69) is 16.4 Å². The number of fused-ring (bicyclic) bond motifs is 1. The van der Waals surface area contributed by atoms with Crippen LogP contribution in [0.4, 0.5) is 0 Å². The average Bonchev–Trinajstić information content (AvgIpc) is 2.57. The van der Waals surface area contributed by atoms with Crippen molar-refractivity contribution in [2.75, 3.05) is 13.1 Å². The standard InChI is InChI=1S/C12H18N2O/c15-12(7-13-8-12)6-10-5-9-3-1-2-4-11(9)14-10/h5,13-15H,1-4,6-8H2. The van der Waals surface area contributed by atoms with E-state index in [4.69, 9.17) is 0 Å². The second-order valence-corrected chi connectivity index (χ2v) is 5.01. The normalized spacial score (nSPS) is 23.3. The number of aryl methyl sites for hydroxylation is 2. The number of hydrogen-bond donors (Lipinski definition) is 3. The summed E-state index contributed by atoms with van der Waals surface area (Å²) in [6.45, 7) is 1.47. The number of β-amino-alcohol motifs (C(OH)–C–C–N with tert-alkyl or cyclic N) is 1. The van der Waals surface area contributed by atoms with Gasteiger partial charge in [-0.25, -0.2) is 0 Å². The Morgan fingerprint density at radius 3 is 2.73 bits per heavy atom. The minimum absolute atomic E-state index is 0.493. The molecule has 0 spiro atoms. The first kappa shape index (κ1) is 9.43.